The van der Waals surface area contributed by atoms with Gasteiger partial charge in [0.15, 0.2) is 0 Å². The molecule has 1 aromatic carbocycles. The molecule has 0 spiro atoms. The molecule has 0 heterocycles. The second-order valence-electron chi connectivity index (χ2n) is 9.32. The van der Waals surface area contributed by atoms with Gasteiger partial charge in [-0.15, -0.1) is 12.5 Å². The van der Waals surface area contributed by atoms with Crippen molar-refractivity contribution in [3.05, 3.63) is 88.3 Å². The van der Waals surface area contributed by atoms with Gasteiger partial charge in [0.1, 0.15) is 5.94 Å². The second kappa shape index (κ2) is 34.4. The molecule has 41 heavy (non-hydrogen) atoms. The van der Waals surface area contributed by atoms with Gasteiger partial charge >= 0.3 is 51.4 Å². The van der Waals surface area contributed by atoms with E-state index in [1.165, 1.54) is 12.0 Å². The average molecular weight is 653 g/mol. The van der Waals surface area contributed by atoms with Gasteiger partial charge in [-0.3, -0.25) is 6.29 Å². The predicted octanol–water partition coefficient (Wildman–Crippen LogP) is 8.66. The third-order valence-corrected chi connectivity index (χ3v) is 5.88. The number of benzene rings is 1. The SMILES string of the molecule is C=C(C)C.C=C(NC(C)c1ccc(Cl)cc1Cl)/C(Cl)=C\C.CCC(CC(C)[C-]=O)C(C)=C=O.C[CH-]CC.[CH2-]CC.[K+]. The Bertz CT molecular complexity index is 903. The van der Waals surface area contributed by atoms with Crippen molar-refractivity contribution < 1.29 is 61.0 Å². The maximum Gasteiger partial charge on any atom is 1.00 e. The summed E-state index contributed by atoms with van der Waals surface area (Å²) in [7, 11) is 0. The topological polar surface area (TPSA) is 46.2 Å². The summed E-state index contributed by atoms with van der Waals surface area (Å²) in [6.45, 7) is 30.5. The van der Waals surface area contributed by atoms with Crippen LogP contribution in [0.1, 0.15) is 107 Å². The number of hydrogen-bond acceptors (Lipinski definition) is 3. The van der Waals surface area contributed by atoms with Gasteiger partial charge in [0.05, 0.1) is 11.1 Å². The van der Waals surface area contributed by atoms with Crippen molar-refractivity contribution in [3.8, 4) is 0 Å². The molecule has 0 amide bonds. The molecule has 0 aromatic heterocycles. The van der Waals surface area contributed by atoms with Crippen molar-refractivity contribution in [1.82, 2.24) is 5.32 Å². The van der Waals surface area contributed by atoms with Crippen LogP contribution in [0.15, 0.2) is 59.3 Å². The van der Waals surface area contributed by atoms with Crippen molar-refractivity contribution in [3.63, 3.8) is 0 Å². The van der Waals surface area contributed by atoms with Crippen LogP contribution in [0.25, 0.3) is 0 Å². The zero-order valence-corrected chi connectivity index (χ0v) is 32.9. The van der Waals surface area contributed by atoms with Crippen LogP contribution in [-0.4, -0.2) is 12.2 Å². The van der Waals surface area contributed by atoms with Crippen LogP contribution in [0.3, 0.4) is 0 Å². The summed E-state index contributed by atoms with van der Waals surface area (Å²) in [5.41, 5.74) is 3.50. The second-order valence-corrected chi connectivity index (χ2v) is 10.6. The molecule has 3 unspecified atom stereocenters. The Labute approximate surface area is 311 Å². The molecule has 0 radical (unpaired) electrons. The number of carbonyl (C=O) groups excluding carboxylic acids is 2. The van der Waals surface area contributed by atoms with Crippen LogP contribution in [0, 0.1) is 25.2 Å². The Morgan fingerprint density at radius 1 is 1.17 bits per heavy atom. The number of allylic oxidation sites excluding steroid dienone is 4. The number of halogens is 3. The summed E-state index contributed by atoms with van der Waals surface area (Å²) in [6, 6.07) is 5.43. The molecule has 1 aromatic rings. The molecule has 0 aliphatic heterocycles. The fourth-order valence-electron chi connectivity index (χ4n) is 2.64. The van der Waals surface area contributed by atoms with Crippen LogP contribution in [0.5, 0.6) is 0 Å². The number of nitrogens with one attached hydrogen (secondary N) is 1. The molecule has 1 rings (SSSR count). The standard InChI is InChI=1S/C13H14Cl3N.C10H15O2.C4H8.C4H9.C3H7.K/c1-4-12(15)9(3)17-8(2)11-6-5-10(14)7-13(11)16;1-4-10(9(3)7-12)5-8(2)6-11;1-4(2)3;1-3-4-2;1-3-2;/h4-8,17H,3H2,1-2H3;8,10H,4-5H2,1-3H3;1H2,2-3H3;3H,4H2,1-2H3;1,3H2,2H3;/q;-1;;2*-1;+1/b12-4+;;;;;. The first kappa shape index (κ1) is 50.5. The van der Waals surface area contributed by atoms with E-state index in [-0.39, 0.29) is 69.3 Å². The Balaban J connectivity index is -0.000000156. The summed E-state index contributed by atoms with van der Waals surface area (Å²) in [5.74, 6) is 1.99. The average Bonchev–Trinajstić information content (AvgIpc) is 2.91. The fraction of sp³-hybridized carbons (Fsp3) is 0.500. The van der Waals surface area contributed by atoms with E-state index < -0.39 is 0 Å². The number of rotatable bonds is 10. The minimum atomic E-state index is -0.0850. The van der Waals surface area contributed by atoms with Crippen LogP contribution >= 0.6 is 34.8 Å². The molecule has 0 aliphatic rings. The van der Waals surface area contributed by atoms with Crippen molar-refractivity contribution >= 4 is 47.0 Å². The van der Waals surface area contributed by atoms with Crippen molar-refractivity contribution in [1.29, 1.82) is 0 Å². The third kappa shape index (κ3) is 32.6. The number of hydrogen-bond donors (Lipinski definition) is 1. The molecule has 230 valence electrons. The third-order valence-electron chi connectivity index (χ3n) is 4.88. The Morgan fingerprint density at radius 3 is 1.95 bits per heavy atom. The van der Waals surface area contributed by atoms with Gasteiger partial charge in [-0.05, 0) is 64.7 Å². The molecule has 0 fully saturated rings. The summed E-state index contributed by atoms with van der Waals surface area (Å²) in [5, 5.41) is 5.03. The summed E-state index contributed by atoms with van der Waals surface area (Å²) < 4.78 is 0. The maximum atomic E-state index is 10.3. The van der Waals surface area contributed by atoms with Gasteiger partial charge < -0.3 is 23.5 Å². The molecule has 3 atom stereocenters. The molecule has 0 aliphatic carbocycles. The van der Waals surface area contributed by atoms with E-state index >= 15 is 0 Å². The van der Waals surface area contributed by atoms with E-state index in [2.05, 4.69) is 45.7 Å². The zero-order chi connectivity index (χ0) is 32.3. The Morgan fingerprint density at radius 2 is 1.63 bits per heavy atom. The molecule has 3 nitrogen and oxygen atoms in total. The van der Waals surface area contributed by atoms with E-state index in [1.807, 2.05) is 66.8 Å². The van der Waals surface area contributed by atoms with Crippen LogP contribution < -0.4 is 56.7 Å². The summed E-state index contributed by atoms with van der Waals surface area (Å²) >= 11 is 17.9. The van der Waals surface area contributed by atoms with Crippen molar-refractivity contribution in [2.45, 2.75) is 101 Å². The van der Waals surface area contributed by atoms with Crippen molar-refractivity contribution in [2.24, 2.45) is 11.8 Å². The zero-order valence-electron chi connectivity index (χ0n) is 27.5. The van der Waals surface area contributed by atoms with E-state index in [0.717, 1.165) is 18.4 Å². The van der Waals surface area contributed by atoms with Gasteiger partial charge in [0, 0.05) is 21.3 Å². The van der Waals surface area contributed by atoms with E-state index in [4.69, 9.17) is 34.8 Å². The molecule has 7 heteroatoms. The largest absolute Gasteiger partial charge is 1.00 e. The quantitative estimate of drug-likeness (QED) is 0.0905. The predicted molar refractivity (Wildman–Crippen MR) is 181 cm³/mol. The molecule has 0 bridgehead atoms. The molecule has 0 saturated heterocycles. The molecule has 1 N–H and O–H groups in total. The van der Waals surface area contributed by atoms with Gasteiger partial charge in [-0.25, -0.2) is 4.79 Å². The van der Waals surface area contributed by atoms with Gasteiger partial charge in [0.2, 0.25) is 0 Å². The first-order valence-electron chi connectivity index (χ1n) is 13.7. The monoisotopic (exact) mass is 651 g/mol. The van der Waals surface area contributed by atoms with Crippen LogP contribution in [0.2, 0.25) is 10.0 Å². The van der Waals surface area contributed by atoms with Crippen molar-refractivity contribution in [2.75, 3.05) is 0 Å². The van der Waals surface area contributed by atoms with E-state index in [9.17, 15) is 9.59 Å². The molecular weight excluding hydrogens is 600 g/mol. The first-order valence-corrected chi connectivity index (χ1v) is 14.8. The smallest absolute Gasteiger partial charge is 0.542 e. The fourth-order valence-corrected chi connectivity index (χ4v) is 3.27. The normalized spacial score (nSPS) is 11.6. The Kier molecular flexibility index (Phi) is 42.3. The summed E-state index contributed by atoms with van der Waals surface area (Å²) in [6.07, 6.45) is 9.61. The van der Waals surface area contributed by atoms with Crippen LogP contribution in [0.4, 0.5) is 0 Å². The van der Waals surface area contributed by atoms with E-state index in [1.54, 1.807) is 25.1 Å². The van der Waals surface area contributed by atoms with Gasteiger partial charge in [-0.2, -0.15) is 19.8 Å². The minimum absolute atomic E-state index is 0. The van der Waals surface area contributed by atoms with E-state index in [0.29, 0.717) is 32.8 Å². The minimum Gasteiger partial charge on any atom is -0.542 e. The number of unbranched alkanes of at least 4 members (excludes halogenated alkanes) is 1. The molecule has 0 saturated carbocycles. The summed E-state index contributed by atoms with van der Waals surface area (Å²) in [4.78, 5) is 20.5. The first-order chi connectivity index (χ1) is 18.7. The van der Waals surface area contributed by atoms with Gasteiger partial charge in [0.25, 0.3) is 0 Å². The molecular formula is C34H53Cl3KNO2-2. The van der Waals surface area contributed by atoms with Crippen LogP contribution in [-0.2, 0) is 9.59 Å². The van der Waals surface area contributed by atoms with Gasteiger partial charge in [-0.1, -0.05) is 93.2 Å². The Hall–Kier alpha value is -0.134. The maximum absolute atomic E-state index is 10.3.